The van der Waals surface area contributed by atoms with E-state index in [1.54, 1.807) is 11.9 Å². The summed E-state index contributed by atoms with van der Waals surface area (Å²) in [6.45, 7) is 4.82. The highest BCUT2D eigenvalue weighted by molar-refractivity contribution is 5.71. The summed E-state index contributed by atoms with van der Waals surface area (Å²) in [5.74, 6) is -0.854. The largest absolute Gasteiger partial charge is 0.481 e. The number of hydrogen-bond acceptors (Lipinski definition) is 4. The molecule has 0 aromatic heterocycles. The van der Waals surface area contributed by atoms with Gasteiger partial charge in [0.15, 0.2) is 0 Å². The molecule has 0 unspecified atom stereocenters. The topological polar surface area (TPSA) is 66.8 Å². The number of ether oxygens (including phenoxy) is 1. The summed E-state index contributed by atoms with van der Waals surface area (Å²) in [6.07, 6.45) is 0.0357. The van der Waals surface area contributed by atoms with Gasteiger partial charge < -0.3 is 9.84 Å². The molecule has 0 atom stereocenters. The van der Waals surface area contributed by atoms with Crippen molar-refractivity contribution < 1.29 is 19.4 Å². The summed E-state index contributed by atoms with van der Waals surface area (Å²) in [7, 11) is 1.69. The number of carbonyl (C=O) groups excluding carboxylic acids is 1. The van der Waals surface area contributed by atoms with Crippen LogP contribution in [0.3, 0.4) is 0 Å². The maximum atomic E-state index is 11.2. The molecule has 1 N–H and O–H groups in total. The molecule has 0 aromatic carbocycles. The Morgan fingerprint density at radius 1 is 1.40 bits per heavy atom. The summed E-state index contributed by atoms with van der Waals surface area (Å²) in [6, 6.07) is 0. The second kappa shape index (κ2) is 7.23. The van der Waals surface area contributed by atoms with Crippen LogP contribution in [0.5, 0.6) is 0 Å². The summed E-state index contributed by atoms with van der Waals surface area (Å²) < 4.78 is 4.95. The minimum absolute atomic E-state index is 0.0357. The van der Waals surface area contributed by atoms with Gasteiger partial charge in [0.25, 0.3) is 0 Å². The van der Waals surface area contributed by atoms with Crippen LogP contribution < -0.4 is 0 Å². The average molecular weight is 217 g/mol. The molecular weight excluding hydrogens is 198 g/mol. The van der Waals surface area contributed by atoms with Gasteiger partial charge in [-0.05, 0) is 13.0 Å². The number of aliphatic carboxylic acids is 1. The Balaban J connectivity index is 3.62. The fourth-order valence-corrected chi connectivity index (χ4v) is 0.891. The molecule has 0 aliphatic rings. The van der Waals surface area contributed by atoms with E-state index in [0.29, 0.717) is 19.1 Å². The first-order valence-electron chi connectivity index (χ1n) is 4.97. The molecular formula is C10H19NO4. The van der Waals surface area contributed by atoms with Crippen molar-refractivity contribution in [1.82, 2.24) is 4.90 Å². The van der Waals surface area contributed by atoms with Crippen LogP contribution in [0.15, 0.2) is 0 Å². The predicted octanol–water partition coefficient (Wildman–Crippen LogP) is 0.592. The zero-order valence-electron chi connectivity index (χ0n) is 9.52. The highest BCUT2D eigenvalue weighted by Gasteiger charge is 2.09. The number of carbonyl (C=O) groups is 2. The van der Waals surface area contributed by atoms with Crippen LogP contribution in [0.25, 0.3) is 0 Å². The van der Waals surface area contributed by atoms with Crippen LogP contribution in [0.2, 0.25) is 0 Å². The third-order valence-electron chi connectivity index (χ3n) is 1.68. The van der Waals surface area contributed by atoms with Crippen molar-refractivity contribution in [2.45, 2.75) is 20.3 Å². The van der Waals surface area contributed by atoms with Gasteiger partial charge in [0, 0.05) is 6.54 Å². The lowest BCUT2D eigenvalue weighted by Crippen LogP contribution is -2.30. The molecule has 0 aliphatic carbocycles. The summed E-state index contributed by atoms with van der Waals surface area (Å²) in [5, 5.41) is 8.43. The third kappa shape index (κ3) is 9.21. The Kier molecular flexibility index (Phi) is 6.70. The highest BCUT2D eigenvalue weighted by atomic mass is 16.5. The van der Waals surface area contributed by atoms with Crippen molar-refractivity contribution in [3.8, 4) is 0 Å². The Morgan fingerprint density at radius 2 is 2.00 bits per heavy atom. The molecule has 0 saturated heterocycles. The normalized spacial score (nSPS) is 10.7. The number of esters is 1. The van der Waals surface area contributed by atoms with Gasteiger partial charge in [-0.1, -0.05) is 13.8 Å². The van der Waals surface area contributed by atoms with Gasteiger partial charge in [0.2, 0.25) is 0 Å². The molecule has 5 nitrogen and oxygen atoms in total. The molecule has 0 fully saturated rings. The van der Waals surface area contributed by atoms with Gasteiger partial charge in [-0.3, -0.25) is 14.5 Å². The predicted molar refractivity (Wildman–Crippen MR) is 55.5 cm³/mol. The molecule has 0 radical (unpaired) electrons. The van der Waals surface area contributed by atoms with E-state index in [4.69, 9.17) is 9.84 Å². The van der Waals surface area contributed by atoms with Gasteiger partial charge in [-0.15, -0.1) is 0 Å². The van der Waals surface area contributed by atoms with Crippen LogP contribution in [0.4, 0.5) is 0 Å². The molecule has 0 amide bonds. The van der Waals surface area contributed by atoms with E-state index in [1.807, 2.05) is 13.8 Å². The Morgan fingerprint density at radius 3 is 2.47 bits per heavy atom. The lowest BCUT2D eigenvalue weighted by molar-refractivity contribution is -0.146. The van der Waals surface area contributed by atoms with Crippen LogP contribution >= 0.6 is 0 Å². The average Bonchev–Trinajstić information content (AvgIpc) is 2.11. The van der Waals surface area contributed by atoms with Gasteiger partial charge in [-0.25, -0.2) is 0 Å². The third-order valence-corrected chi connectivity index (χ3v) is 1.68. The first kappa shape index (κ1) is 13.9. The van der Waals surface area contributed by atoms with Crippen LogP contribution in [0.1, 0.15) is 20.3 Å². The van der Waals surface area contributed by atoms with Crippen molar-refractivity contribution in [2.24, 2.45) is 5.92 Å². The van der Waals surface area contributed by atoms with E-state index in [9.17, 15) is 9.59 Å². The summed E-state index contributed by atoms with van der Waals surface area (Å²) in [4.78, 5) is 23.1. The molecule has 15 heavy (non-hydrogen) atoms. The first-order chi connectivity index (χ1) is 6.91. The van der Waals surface area contributed by atoms with Crippen molar-refractivity contribution >= 4 is 11.9 Å². The number of likely N-dealkylation sites (N-methyl/N-ethyl adjacent to an activating group) is 1. The smallest absolute Gasteiger partial charge is 0.320 e. The number of nitrogens with zero attached hydrogens (tertiary/aromatic N) is 1. The molecule has 0 aliphatic heterocycles. The van der Waals surface area contributed by atoms with Gasteiger partial charge in [0.05, 0.1) is 19.6 Å². The van der Waals surface area contributed by atoms with E-state index >= 15 is 0 Å². The second-order valence-corrected chi connectivity index (χ2v) is 3.96. The lowest BCUT2D eigenvalue weighted by atomic mass is 10.2. The molecule has 88 valence electrons. The second-order valence-electron chi connectivity index (χ2n) is 3.96. The molecule has 0 aromatic rings. The molecule has 0 bridgehead atoms. The van der Waals surface area contributed by atoms with Gasteiger partial charge in [-0.2, -0.15) is 0 Å². The number of rotatable bonds is 7. The fraction of sp³-hybridized carbons (Fsp3) is 0.800. The quantitative estimate of drug-likeness (QED) is 0.632. The van der Waals surface area contributed by atoms with Crippen molar-refractivity contribution in [1.29, 1.82) is 0 Å². The van der Waals surface area contributed by atoms with E-state index in [1.165, 1.54) is 0 Å². The van der Waals surface area contributed by atoms with E-state index in [2.05, 4.69) is 0 Å². The summed E-state index contributed by atoms with van der Waals surface area (Å²) >= 11 is 0. The Hall–Kier alpha value is -1.10. The molecule has 0 rings (SSSR count). The minimum atomic E-state index is -0.864. The zero-order valence-corrected chi connectivity index (χ0v) is 9.52. The van der Waals surface area contributed by atoms with Crippen molar-refractivity contribution in [3.63, 3.8) is 0 Å². The van der Waals surface area contributed by atoms with Crippen molar-refractivity contribution in [3.05, 3.63) is 0 Å². The highest BCUT2D eigenvalue weighted by Crippen LogP contribution is 1.94. The van der Waals surface area contributed by atoms with Crippen LogP contribution in [0, 0.1) is 5.92 Å². The monoisotopic (exact) mass is 217 g/mol. The standard InChI is InChI=1S/C10H19NO4/c1-8(2)7-15-10(14)6-11(3)5-4-9(12)13/h8H,4-7H2,1-3H3,(H,12,13). The maximum absolute atomic E-state index is 11.2. The van der Waals surface area contributed by atoms with E-state index in [0.717, 1.165) is 0 Å². The van der Waals surface area contributed by atoms with Crippen molar-refractivity contribution in [2.75, 3.05) is 26.7 Å². The Labute approximate surface area is 90.0 Å². The van der Waals surface area contributed by atoms with Crippen LogP contribution in [-0.4, -0.2) is 48.7 Å². The number of carboxylic acid groups (broad SMARTS) is 1. The van der Waals surface area contributed by atoms with Gasteiger partial charge >= 0.3 is 11.9 Å². The number of hydrogen-bond donors (Lipinski definition) is 1. The van der Waals surface area contributed by atoms with Crippen LogP contribution in [-0.2, 0) is 14.3 Å². The first-order valence-corrected chi connectivity index (χ1v) is 4.97. The van der Waals surface area contributed by atoms with E-state index < -0.39 is 5.97 Å². The summed E-state index contributed by atoms with van der Waals surface area (Å²) in [5.41, 5.74) is 0. The maximum Gasteiger partial charge on any atom is 0.320 e. The molecule has 0 saturated carbocycles. The molecule has 5 heteroatoms. The fourth-order valence-electron chi connectivity index (χ4n) is 0.891. The molecule has 0 spiro atoms. The van der Waals surface area contributed by atoms with Gasteiger partial charge in [0.1, 0.15) is 0 Å². The number of carboxylic acids is 1. The lowest BCUT2D eigenvalue weighted by Gasteiger charge is -2.14. The SMILES string of the molecule is CC(C)COC(=O)CN(C)CCC(=O)O. The zero-order chi connectivity index (χ0) is 11.8. The Bertz CT molecular complexity index is 215. The minimum Gasteiger partial charge on any atom is -0.481 e. The molecule has 0 heterocycles. The van der Waals surface area contributed by atoms with E-state index in [-0.39, 0.29) is 18.9 Å².